The molecular weight excluding hydrogens is 224 g/mol. The van der Waals surface area contributed by atoms with E-state index in [1.807, 2.05) is 43.5 Å². The van der Waals surface area contributed by atoms with Gasteiger partial charge in [0, 0.05) is 17.1 Å². The van der Waals surface area contributed by atoms with Gasteiger partial charge in [0.25, 0.3) is 0 Å². The molecule has 2 heterocycles. The lowest BCUT2D eigenvalue weighted by atomic mass is 10.0. The molecule has 2 N–H and O–H groups in total. The Morgan fingerprint density at radius 2 is 2.00 bits per heavy atom. The minimum Gasteiger partial charge on any atom is -0.469 e. The van der Waals surface area contributed by atoms with Crippen molar-refractivity contribution in [3.63, 3.8) is 0 Å². The van der Waals surface area contributed by atoms with Gasteiger partial charge < -0.3 is 10.2 Å². The number of aryl methyl sites for hydroxylation is 1. The Hall–Kier alpha value is -2.13. The van der Waals surface area contributed by atoms with Gasteiger partial charge in [-0.1, -0.05) is 18.2 Å². The van der Waals surface area contributed by atoms with Crippen molar-refractivity contribution in [2.75, 3.05) is 0 Å². The van der Waals surface area contributed by atoms with Gasteiger partial charge in [0.15, 0.2) is 0 Å². The Kier molecular flexibility index (Phi) is 2.61. The Labute approximate surface area is 105 Å². The molecule has 3 heteroatoms. The Morgan fingerprint density at radius 3 is 2.78 bits per heavy atom. The second-order valence-corrected chi connectivity index (χ2v) is 4.43. The molecule has 0 saturated carbocycles. The number of para-hydroxylation sites is 1. The average Bonchev–Trinajstić information content (AvgIpc) is 2.84. The van der Waals surface area contributed by atoms with Crippen molar-refractivity contribution >= 4 is 10.9 Å². The van der Waals surface area contributed by atoms with E-state index in [2.05, 4.69) is 11.1 Å². The third-order valence-corrected chi connectivity index (χ3v) is 3.08. The van der Waals surface area contributed by atoms with E-state index in [9.17, 15) is 0 Å². The van der Waals surface area contributed by atoms with Gasteiger partial charge in [-0.05, 0) is 30.7 Å². The molecule has 1 atom stereocenters. The average molecular weight is 238 g/mol. The summed E-state index contributed by atoms with van der Waals surface area (Å²) < 4.78 is 5.29. The fourth-order valence-corrected chi connectivity index (χ4v) is 2.08. The van der Waals surface area contributed by atoms with Crippen LogP contribution in [-0.4, -0.2) is 4.98 Å². The maximum atomic E-state index is 6.22. The fraction of sp³-hybridized carbons (Fsp3) is 0.133. The minimum absolute atomic E-state index is 0.195. The Morgan fingerprint density at radius 1 is 1.17 bits per heavy atom. The summed E-state index contributed by atoms with van der Waals surface area (Å²) in [5, 5.41) is 1.10. The van der Waals surface area contributed by atoms with E-state index >= 15 is 0 Å². The molecule has 0 bridgehead atoms. The number of hydrogen-bond donors (Lipinski definition) is 1. The lowest BCUT2D eigenvalue weighted by Gasteiger charge is -2.10. The molecule has 0 aliphatic rings. The molecule has 0 spiro atoms. The van der Waals surface area contributed by atoms with Crippen LogP contribution in [0.25, 0.3) is 10.9 Å². The van der Waals surface area contributed by atoms with E-state index in [0.717, 1.165) is 27.8 Å². The highest BCUT2D eigenvalue weighted by Crippen LogP contribution is 2.23. The van der Waals surface area contributed by atoms with Gasteiger partial charge in [-0.15, -0.1) is 0 Å². The number of hydrogen-bond acceptors (Lipinski definition) is 3. The smallest absolute Gasteiger partial charge is 0.101 e. The highest BCUT2D eigenvalue weighted by atomic mass is 16.3. The van der Waals surface area contributed by atoms with Crippen LogP contribution < -0.4 is 5.73 Å². The van der Waals surface area contributed by atoms with Crippen LogP contribution in [0.5, 0.6) is 0 Å². The first kappa shape index (κ1) is 11.0. The van der Waals surface area contributed by atoms with Gasteiger partial charge in [-0.3, -0.25) is 4.98 Å². The highest BCUT2D eigenvalue weighted by molar-refractivity contribution is 5.78. The van der Waals surface area contributed by atoms with E-state index < -0.39 is 0 Å². The molecule has 0 aliphatic carbocycles. The van der Waals surface area contributed by atoms with Crippen molar-refractivity contribution in [3.05, 3.63) is 65.7 Å². The predicted molar refractivity (Wildman–Crippen MR) is 71.2 cm³/mol. The first-order chi connectivity index (χ1) is 8.74. The molecular formula is C15H14N2O. The van der Waals surface area contributed by atoms with Crippen molar-refractivity contribution in [2.24, 2.45) is 5.73 Å². The first-order valence-electron chi connectivity index (χ1n) is 5.89. The zero-order valence-electron chi connectivity index (χ0n) is 10.1. The zero-order valence-corrected chi connectivity index (χ0v) is 10.1. The van der Waals surface area contributed by atoms with E-state index in [1.165, 1.54) is 0 Å². The standard InChI is InChI=1S/C15H14N2O/c1-10-6-13(9-18-10)15(16)12-7-11-4-2-3-5-14(11)17-8-12/h2-9,15H,16H2,1H3. The third-order valence-electron chi connectivity index (χ3n) is 3.08. The van der Waals surface area contributed by atoms with Crippen LogP contribution in [0.15, 0.2) is 53.3 Å². The number of furan rings is 1. The summed E-state index contributed by atoms with van der Waals surface area (Å²) >= 11 is 0. The van der Waals surface area contributed by atoms with E-state index in [4.69, 9.17) is 10.2 Å². The summed E-state index contributed by atoms with van der Waals surface area (Å²) in [5.74, 6) is 0.870. The molecule has 1 unspecified atom stereocenters. The predicted octanol–water partition coefficient (Wildman–Crippen LogP) is 3.18. The van der Waals surface area contributed by atoms with Gasteiger partial charge >= 0.3 is 0 Å². The second kappa shape index (κ2) is 4.27. The summed E-state index contributed by atoms with van der Waals surface area (Å²) in [7, 11) is 0. The van der Waals surface area contributed by atoms with Gasteiger partial charge in [0.2, 0.25) is 0 Å². The molecule has 0 saturated heterocycles. The minimum atomic E-state index is -0.195. The van der Waals surface area contributed by atoms with Crippen LogP contribution in [-0.2, 0) is 0 Å². The van der Waals surface area contributed by atoms with Crippen LogP contribution in [0.4, 0.5) is 0 Å². The van der Waals surface area contributed by atoms with Gasteiger partial charge in [0.1, 0.15) is 5.76 Å². The maximum absolute atomic E-state index is 6.22. The zero-order chi connectivity index (χ0) is 12.5. The summed E-state index contributed by atoms with van der Waals surface area (Å²) in [5.41, 5.74) is 9.18. The van der Waals surface area contributed by atoms with Gasteiger partial charge in [0.05, 0.1) is 17.8 Å². The SMILES string of the molecule is Cc1cc(C(N)c2cnc3ccccc3c2)co1. The van der Waals surface area contributed by atoms with Crippen molar-refractivity contribution < 1.29 is 4.42 Å². The molecule has 3 rings (SSSR count). The topological polar surface area (TPSA) is 52.0 Å². The lowest BCUT2D eigenvalue weighted by Crippen LogP contribution is -2.11. The van der Waals surface area contributed by atoms with Crippen LogP contribution in [0.2, 0.25) is 0 Å². The maximum Gasteiger partial charge on any atom is 0.101 e. The number of nitrogens with two attached hydrogens (primary N) is 1. The van der Waals surface area contributed by atoms with Crippen molar-refractivity contribution in [2.45, 2.75) is 13.0 Å². The number of rotatable bonds is 2. The molecule has 0 fully saturated rings. The van der Waals surface area contributed by atoms with E-state index in [1.54, 1.807) is 6.26 Å². The highest BCUT2D eigenvalue weighted by Gasteiger charge is 2.12. The normalized spacial score (nSPS) is 12.8. The second-order valence-electron chi connectivity index (χ2n) is 4.43. The Bertz CT molecular complexity index is 688. The van der Waals surface area contributed by atoms with E-state index in [0.29, 0.717) is 0 Å². The number of fused-ring (bicyclic) bond motifs is 1. The third kappa shape index (κ3) is 1.89. The molecule has 2 aromatic heterocycles. The fourth-order valence-electron chi connectivity index (χ4n) is 2.08. The molecule has 18 heavy (non-hydrogen) atoms. The van der Waals surface area contributed by atoms with Crippen LogP contribution in [0.1, 0.15) is 22.9 Å². The monoisotopic (exact) mass is 238 g/mol. The number of benzene rings is 1. The first-order valence-corrected chi connectivity index (χ1v) is 5.89. The van der Waals surface area contributed by atoms with Crippen LogP contribution in [0.3, 0.4) is 0 Å². The summed E-state index contributed by atoms with van der Waals surface area (Å²) in [6, 6.07) is 11.9. The molecule has 90 valence electrons. The van der Waals surface area contributed by atoms with Crippen molar-refractivity contribution in [1.82, 2.24) is 4.98 Å². The molecule has 3 aromatic rings. The van der Waals surface area contributed by atoms with E-state index in [-0.39, 0.29) is 6.04 Å². The number of pyridine rings is 1. The summed E-state index contributed by atoms with van der Waals surface area (Å²) in [6.45, 7) is 1.91. The lowest BCUT2D eigenvalue weighted by molar-refractivity contribution is 0.530. The molecule has 1 aromatic carbocycles. The largest absolute Gasteiger partial charge is 0.469 e. The molecule has 0 amide bonds. The van der Waals surface area contributed by atoms with Crippen molar-refractivity contribution in [3.8, 4) is 0 Å². The van der Waals surface area contributed by atoms with Crippen molar-refractivity contribution in [1.29, 1.82) is 0 Å². The summed E-state index contributed by atoms with van der Waals surface area (Å²) in [4.78, 5) is 4.42. The number of aromatic nitrogens is 1. The van der Waals surface area contributed by atoms with Crippen LogP contribution >= 0.6 is 0 Å². The molecule has 3 nitrogen and oxygen atoms in total. The molecule has 0 radical (unpaired) electrons. The summed E-state index contributed by atoms with van der Waals surface area (Å²) in [6.07, 6.45) is 3.53. The van der Waals surface area contributed by atoms with Gasteiger partial charge in [-0.2, -0.15) is 0 Å². The van der Waals surface area contributed by atoms with Crippen LogP contribution in [0, 0.1) is 6.92 Å². The molecule has 0 aliphatic heterocycles. The quantitative estimate of drug-likeness (QED) is 0.746. The Balaban J connectivity index is 2.03. The van der Waals surface area contributed by atoms with Gasteiger partial charge in [-0.25, -0.2) is 0 Å². The number of nitrogens with zero attached hydrogens (tertiary/aromatic N) is 1.